The van der Waals surface area contributed by atoms with Crippen LogP contribution in [0, 0.1) is 0 Å². The molecule has 0 aliphatic heterocycles. The fourth-order valence-corrected chi connectivity index (χ4v) is 2.73. The average molecular weight is 244 g/mol. The quantitative estimate of drug-likeness (QED) is 0.825. The molecule has 0 aromatic heterocycles. The SMILES string of the molecule is CCCC(N)CSCc1ccccc1Cl. The molecule has 3 heteroatoms. The smallest absolute Gasteiger partial charge is 0.0446 e. The van der Waals surface area contributed by atoms with Crippen LogP contribution in [0.3, 0.4) is 0 Å². The van der Waals surface area contributed by atoms with E-state index in [0.717, 1.165) is 29.4 Å². The summed E-state index contributed by atoms with van der Waals surface area (Å²) in [5.74, 6) is 1.97. The van der Waals surface area contributed by atoms with Crippen LogP contribution in [-0.2, 0) is 5.75 Å². The topological polar surface area (TPSA) is 26.0 Å². The number of rotatable bonds is 6. The second-order valence-corrected chi connectivity index (χ2v) is 5.09. The summed E-state index contributed by atoms with van der Waals surface area (Å²) in [5, 5.41) is 0.856. The van der Waals surface area contributed by atoms with E-state index in [1.807, 2.05) is 30.0 Å². The van der Waals surface area contributed by atoms with E-state index in [-0.39, 0.29) is 0 Å². The Morgan fingerprint density at radius 3 is 2.80 bits per heavy atom. The van der Waals surface area contributed by atoms with Gasteiger partial charge in [0.15, 0.2) is 0 Å². The lowest BCUT2D eigenvalue weighted by atomic mass is 10.2. The molecule has 0 fully saturated rings. The first kappa shape index (κ1) is 12.9. The van der Waals surface area contributed by atoms with Gasteiger partial charge in [-0.25, -0.2) is 0 Å². The number of thioether (sulfide) groups is 1. The van der Waals surface area contributed by atoms with Gasteiger partial charge < -0.3 is 5.73 Å². The second-order valence-electron chi connectivity index (χ2n) is 3.66. The molecule has 1 rings (SSSR count). The maximum absolute atomic E-state index is 6.06. The van der Waals surface area contributed by atoms with Crippen LogP contribution >= 0.6 is 23.4 Å². The minimum Gasteiger partial charge on any atom is -0.327 e. The summed E-state index contributed by atoms with van der Waals surface area (Å²) in [5.41, 5.74) is 7.13. The third-order valence-corrected chi connectivity index (χ3v) is 3.75. The lowest BCUT2D eigenvalue weighted by Crippen LogP contribution is -2.22. The lowest BCUT2D eigenvalue weighted by molar-refractivity contribution is 0.660. The molecule has 0 saturated carbocycles. The Kier molecular flexibility index (Phi) is 6.15. The fraction of sp³-hybridized carbons (Fsp3) is 0.500. The highest BCUT2D eigenvalue weighted by molar-refractivity contribution is 7.98. The highest BCUT2D eigenvalue weighted by Gasteiger charge is 2.03. The zero-order chi connectivity index (χ0) is 11.1. The Morgan fingerprint density at radius 1 is 1.40 bits per heavy atom. The summed E-state index contributed by atoms with van der Waals surface area (Å²) < 4.78 is 0. The van der Waals surface area contributed by atoms with Gasteiger partial charge in [-0.2, -0.15) is 11.8 Å². The largest absolute Gasteiger partial charge is 0.327 e. The van der Waals surface area contributed by atoms with Crippen LogP contribution in [-0.4, -0.2) is 11.8 Å². The highest BCUT2D eigenvalue weighted by Crippen LogP contribution is 2.21. The third-order valence-electron chi connectivity index (χ3n) is 2.21. The normalized spacial score (nSPS) is 12.7. The summed E-state index contributed by atoms with van der Waals surface area (Å²) in [6.45, 7) is 2.17. The molecule has 0 aliphatic carbocycles. The maximum Gasteiger partial charge on any atom is 0.0446 e. The van der Waals surface area contributed by atoms with E-state index in [1.165, 1.54) is 5.56 Å². The van der Waals surface area contributed by atoms with Crippen molar-refractivity contribution in [3.05, 3.63) is 34.9 Å². The maximum atomic E-state index is 6.06. The van der Waals surface area contributed by atoms with Gasteiger partial charge in [0.2, 0.25) is 0 Å². The van der Waals surface area contributed by atoms with Gasteiger partial charge >= 0.3 is 0 Å². The number of nitrogens with two attached hydrogens (primary N) is 1. The van der Waals surface area contributed by atoms with Crippen LogP contribution in [0.2, 0.25) is 5.02 Å². The Morgan fingerprint density at radius 2 is 2.13 bits per heavy atom. The van der Waals surface area contributed by atoms with E-state index in [4.69, 9.17) is 17.3 Å². The molecule has 1 atom stereocenters. The second kappa shape index (κ2) is 7.15. The summed E-state index contributed by atoms with van der Waals surface area (Å²) in [6, 6.07) is 8.31. The number of hydrogen-bond acceptors (Lipinski definition) is 2. The lowest BCUT2D eigenvalue weighted by Gasteiger charge is -2.10. The predicted octanol–water partition coefficient (Wildman–Crippen LogP) is 3.70. The Balaban J connectivity index is 2.29. The van der Waals surface area contributed by atoms with Gasteiger partial charge in [0, 0.05) is 22.6 Å². The molecule has 2 N–H and O–H groups in total. The van der Waals surface area contributed by atoms with Crippen LogP contribution in [0.25, 0.3) is 0 Å². The van der Waals surface area contributed by atoms with E-state index in [9.17, 15) is 0 Å². The first-order chi connectivity index (χ1) is 7.24. The number of hydrogen-bond donors (Lipinski definition) is 1. The van der Waals surface area contributed by atoms with Gasteiger partial charge in [-0.3, -0.25) is 0 Å². The van der Waals surface area contributed by atoms with Crippen molar-refractivity contribution < 1.29 is 0 Å². The van der Waals surface area contributed by atoms with Crippen molar-refractivity contribution >= 4 is 23.4 Å². The van der Waals surface area contributed by atoms with Crippen LogP contribution in [0.4, 0.5) is 0 Å². The fourth-order valence-electron chi connectivity index (χ4n) is 1.39. The molecule has 15 heavy (non-hydrogen) atoms. The Bertz CT molecular complexity index is 291. The van der Waals surface area contributed by atoms with Gasteiger partial charge in [-0.1, -0.05) is 43.1 Å². The van der Waals surface area contributed by atoms with Crippen LogP contribution in [0.5, 0.6) is 0 Å². The molecule has 0 spiro atoms. The minimum absolute atomic E-state index is 0.322. The van der Waals surface area contributed by atoms with Crippen molar-refractivity contribution in [1.82, 2.24) is 0 Å². The van der Waals surface area contributed by atoms with Crippen molar-refractivity contribution in [2.75, 3.05) is 5.75 Å². The number of halogens is 1. The van der Waals surface area contributed by atoms with Crippen LogP contribution in [0.15, 0.2) is 24.3 Å². The third kappa shape index (κ3) is 4.92. The molecule has 0 radical (unpaired) electrons. The molecular weight excluding hydrogens is 226 g/mol. The van der Waals surface area contributed by atoms with Gasteiger partial charge in [-0.05, 0) is 18.1 Å². The Labute approximate surface area is 101 Å². The molecule has 1 aromatic carbocycles. The van der Waals surface area contributed by atoms with E-state index >= 15 is 0 Å². The molecule has 0 saturated heterocycles. The van der Waals surface area contributed by atoms with Crippen molar-refractivity contribution in [3.63, 3.8) is 0 Å². The van der Waals surface area contributed by atoms with E-state index in [1.54, 1.807) is 0 Å². The van der Waals surface area contributed by atoms with Crippen LogP contribution in [0.1, 0.15) is 25.3 Å². The van der Waals surface area contributed by atoms with E-state index in [2.05, 4.69) is 13.0 Å². The van der Waals surface area contributed by atoms with Crippen molar-refractivity contribution in [2.24, 2.45) is 5.73 Å². The monoisotopic (exact) mass is 243 g/mol. The first-order valence-electron chi connectivity index (χ1n) is 5.30. The molecule has 0 heterocycles. The van der Waals surface area contributed by atoms with Gasteiger partial charge in [0.25, 0.3) is 0 Å². The summed E-state index contributed by atoms with van der Waals surface area (Å²) >= 11 is 7.92. The van der Waals surface area contributed by atoms with Crippen molar-refractivity contribution in [2.45, 2.75) is 31.6 Å². The zero-order valence-corrected chi connectivity index (χ0v) is 10.7. The summed E-state index contributed by atoms with van der Waals surface area (Å²) in [6.07, 6.45) is 2.27. The van der Waals surface area contributed by atoms with E-state index < -0.39 is 0 Å². The molecule has 1 unspecified atom stereocenters. The molecule has 1 aromatic rings. The Hall–Kier alpha value is -0.180. The van der Waals surface area contributed by atoms with Crippen LogP contribution < -0.4 is 5.73 Å². The first-order valence-corrected chi connectivity index (χ1v) is 6.84. The zero-order valence-electron chi connectivity index (χ0n) is 9.08. The van der Waals surface area contributed by atoms with Crippen molar-refractivity contribution in [3.8, 4) is 0 Å². The average Bonchev–Trinajstić information content (AvgIpc) is 2.21. The molecule has 0 aliphatic rings. The standard InChI is InChI=1S/C12H18ClNS/c1-2-5-11(14)9-15-8-10-6-3-4-7-12(10)13/h3-4,6-7,11H,2,5,8-9,14H2,1H3. The van der Waals surface area contributed by atoms with Crippen molar-refractivity contribution in [1.29, 1.82) is 0 Å². The molecule has 0 amide bonds. The van der Waals surface area contributed by atoms with Gasteiger partial charge in [0.05, 0.1) is 0 Å². The number of benzene rings is 1. The molecule has 84 valence electrons. The summed E-state index contributed by atoms with van der Waals surface area (Å²) in [7, 11) is 0. The van der Waals surface area contributed by atoms with E-state index in [0.29, 0.717) is 6.04 Å². The molecule has 1 nitrogen and oxygen atoms in total. The predicted molar refractivity (Wildman–Crippen MR) is 70.5 cm³/mol. The molecular formula is C12H18ClNS. The highest BCUT2D eigenvalue weighted by atomic mass is 35.5. The molecule has 0 bridgehead atoms. The summed E-state index contributed by atoms with van der Waals surface area (Å²) in [4.78, 5) is 0. The van der Waals surface area contributed by atoms with Gasteiger partial charge in [0.1, 0.15) is 0 Å². The van der Waals surface area contributed by atoms with Gasteiger partial charge in [-0.15, -0.1) is 0 Å². The minimum atomic E-state index is 0.322.